The van der Waals surface area contributed by atoms with Gasteiger partial charge in [0.15, 0.2) is 0 Å². The Kier molecular flexibility index (Phi) is 6.14. The average molecular weight is 477 g/mol. The van der Waals surface area contributed by atoms with E-state index in [2.05, 4.69) is 20.7 Å². The summed E-state index contributed by atoms with van der Waals surface area (Å²) in [5, 5.41) is 8.93. The van der Waals surface area contributed by atoms with E-state index in [0.29, 0.717) is 14.9 Å². The number of carbonyl (C=O) groups excluding carboxylic acids is 1. The monoisotopic (exact) mass is 476 g/mol. The van der Waals surface area contributed by atoms with Crippen molar-refractivity contribution in [2.75, 3.05) is 4.72 Å². The maximum atomic E-state index is 12.5. The van der Waals surface area contributed by atoms with Gasteiger partial charge in [-0.25, -0.2) is 13.2 Å². The fourth-order valence-electron chi connectivity index (χ4n) is 2.34. The number of anilines is 1. The third kappa shape index (κ3) is 4.78. The van der Waals surface area contributed by atoms with Gasteiger partial charge in [0.1, 0.15) is 10.8 Å². The third-order valence-electron chi connectivity index (χ3n) is 3.63. The number of benzene rings is 2. The Bertz CT molecular complexity index is 1170. The van der Waals surface area contributed by atoms with E-state index >= 15 is 0 Å². The zero-order chi connectivity index (χ0) is 20.1. The first-order valence-corrected chi connectivity index (χ1v) is 11.0. The number of esters is 1. The number of sulfonamides is 1. The number of hydrogen-bond donors (Lipinski definition) is 1. The second-order valence-electron chi connectivity index (χ2n) is 5.60. The van der Waals surface area contributed by atoms with Gasteiger partial charge in [-0.15, -0.1) is 11.3 Å². The maximum absolute atomic E-state index is 12.5. The lowest BCUT2D eigenvalue weighted by molar-refractivity contribution is 0.0474. The molecule has 1 N–H and O–H groups in total. The summed E-state index contributed by atoms with van der Waals surface area (Å²) in [5.41, 5.74) is 1.35. The molecule has 6 nitrogen and oxygen atoms in total. The van der Waals surface area contributed by atoms with Gasteiger partial charge >= 0.3 is 5.97 Å². The van der Waals surface area contributed by atoms with Crippen LogP contribution < -0.4 is 4.72 Å². The van der Waals surface area contributed by atoms with Crippen LogP contribution in [0.1, 0.15) is 21.5 Å². The second-order valence-corrected chi connectivity index (χ2v) is 9.97. The van der Waals surface area contributed by atoms with Crippen LogP contribution in [-0.4, -0.2) is 14.4 Å². The highest BCUT2D eigenvalue weighted by atomic mass is 79.9. The Labute approximate surface area is 174 Å². The van der Waals surface area contributed by atoms with Crippen molar-refractivity contribution in [2.45, 2.75) is 10.8 Å². The van der Waals surface area contributed by atoms with Gasteiger partial charge in [0, 0.05) is 0 Å². The molecule has 0 bridgehead atoms. The zero-order valence-electron chi connectivity index (χ0n) is 14.3. The van der Waals surface area contributed by atoms with Crippen molar-refractivity contribution in [1.82, 2.24) is 0 Å². The standard InChI is InChI=1S/C19H13BrN2O4S2/c20-17-8-9-18(27-17)28(24,25)22-16-7-2-1-6-15(16)19(23)26-12-14-5-3-4-13(10-14)11-21/h1-10,22H,12H2. The van der Waals surface area contributed by atoms with Gasteiger partial charge in [-0.1, -0.05) is 24.3 Å². The van der Waals surface area contributed by atoms with Gasteiger partial charge in [0.05, 0.1) is 26.7 Å². The molecule has 0 amide bonds. The van der Waals surface area contributed by atoms with E-state index in [9.17, 15) is 13.2 Å². The highest BCUT2D eigenvalue weighted by Gasteiger charge is 2.21. The number of nitrogens with zero attached hydrogens (tertiary/aromatic N) is 1. The molecule has 3 aromatic rings. The number of hydrogen-bond acceptors (Lipinski definition) is 6. The van der Waals surface area contributed by atoms with Gasteiger partial charge in [-0.2, -0.15) is 5.26 Å². The van der Waals surface area contributed by atoms with Crippen LogP contribution in [0.15, 0.2) is 68.7 Å². The number of para-hydroxylation sites is 1. The molecule has 142 valence electrons. The summed E-state index contributed by atoms with van der Waals surface area (Å²) in [6, 6.07) is 18.0. The van der Waals surface area contributed by atoms with Gasteiger partial charge in [0.2, 0.25) is 0 Å². The molecule has 1 heterocycles. The van der Waals surface area contributed by atoms with Crippen LogP contribution in [0.25, 0.3) is 0 Å². The molecule has 0 spiro atoms. The van der Waals surface area contributed by atoms with Crippen LogP contribution in [0, 0.1) is 11.3 Å². The number of halogens is 1. The number of thiophene rings is 1. The van der Waals surface area contributed by atoms with Gasteiger partial charge in [-0.05, 0) is 57.9 Å². The quantitative estimate of drug-likeness (QED) is 0.526. The molecule has 0 aliphatic rings. The van der Waals surface area contributed by atoms with Crippen LogP contribution in [0.5, 0.6) is 0 Å². The summed E-state index contributed by atoms with van der Waals surface area (Å²) in [4.78, 5) is 12.5. The largest absolute Gasteiger partial charge is 0.457 e. The first-order chi connectivity index (χ1) is 13.4. The van der Waals surface area contributed by atoms with Crippen molar-refractivity contribution in [2.24, 2.45) is 0 Å². The summed E-state index contributed by atoms with van der Waals surface area (Å²) in [6.07, 6.45) is 0. The lowest BCUT2D eigenvalue weighted by Crippen LogP contribution is -2.15. The van der Waals surface area contributed by atoms with Crippen LogP contribution in [0.2, 0.25) is 0 Å². The Hall–Kier alpha value is -2.67. The minimum Gasteiger partial charge on any atom is -0.457 e. The van der Waals surface area contributed by atoms with E-state index in [1.54, 1.807) is 42.5 Å². The molecule has 0 aliphatic carbocycles. The van der Waals surface area contributed by atoms with E-state index < -0.39 is 16.0 Å². The van der Waals surface area contributed by atoms with Crippen molar-refractivity contribution in [1.29, 1.82) is 5.26 Å². The molecule has 1 aromatic heterocycles. The highest BCUT2D eigenvalue weighted by Crippen LogP contribution is 2.28. The second kappa shape index (κ2) is 8.56. The van der Waals surface area contributed by atoms with Crippen molar-refractivity contribution in [3.05, 3.63) is 81.1 Å². The van der Waals surface area contributed by atoms with Gasteiger partial charge in [0.25, 0.3) is 10.0 Å². The van der Waals surface area contributed by atoms with Crippen molar-refractivity contribution in [3.63, 3.8) is 0 Å². The number of nitrogens with one attached hydrogen (secondary N) is 1. The van der Waals surface area contributed by atoms with Crippen molar-refractivity contribution < 1.29 is 17.9 Å². The maximum Gasteiger partial charge on any atom is 0.340 e. The van der Waals surface area contributed by atoms with Crippen LogP contribution >= 0.6 is 27.3 Å². The molecule has 0 radical (unpaired) electrons. The Balaban J connectivity index is 1.78. The van der Waals surface area contributed by atoms with Crippen LogP contribution in [0.3, 0.4) is 0 Å². The predicted octanol–water partition coefficient (Wildman–Crippen LogP) is 4.54. The number of ether oxygens (including phenoxy) is 1. The normalized spacial score (nSPS) is 10.9. The molecule has 0 aliphatic heterocycles. The fourth-order valence-corrected chi connectivity index (χ4v) is 5.43. The summed E-state index contributed by atoms with van der Waals surface area (Å²) in [7, 11) is -3.83. The van der Waals surface area contributed by atoms with Gasteiger partial charge < -0.3 is 4.74 Å². The van der Waals surface area contributed by atoms with E-state index in [-0.39, 0.29) is 22.1 Å². The first kappa shape index (κ1) is 20.1. The highest BCUT2D eigenvalue weighted by molar-refractivity contribution is 9.11. The van der Waals surface area contributed by atoms with E-state index in [4.69, 9.17) is 10.00 Å². The lowest BCUT2D eigenvalue weighted by Gasteiger charge is -2.11. The molecule has 9 heteroatoms. The molecule has 2 aromatic carbocycles. The predicted molar refractivity (Wildman–Crippen MR) is 110 cm³/mol. The molecular weight excluding hydrogens is 464 g/mol. The first-order valence-electron chi connectivity index (χ1n) is 7.92. The number of carbonyl (C=O) groups is 1. The van der Waals surface area contributed by atoms with Gasteiger partial charge in [-0.3, -0.25) is 4.72 Å². The molecule has 0 saturated carbocycles. The minimum atomic E-state index is -3.83. The van der Waals surface area contributed by atoms with Crippen molar-refractivity contribution in [3.8, 4) is 6.07 Å². The molecule has 0 fully saturated rings. The van der Waals surface area contributed by atoms with Crippen LogP contribution in [-0.2, 0) is 21.4 Å². The summed E-state index contributed by atoms with van der Waals surface area (Å²) in [5.74, 6) is -0.673. The molecule has 3 rings (SSSR count). The Morgan fingerprint density at radius 1 is 1.14 bits per heavy atom. The Morgan fingerprint density at radius 3 is 2.64 bits per heavy atom. The molecule has 0 atom stereocenters. The summed E-state index contributed by atoms with van der Waals surface area (Å²) < 4.78 is 33.6. The van der Waals surface area contributed by atoms with E-state index in [0.717, 1.165) is 11.3 Å². The van der Waals surface area contributed by atoms with Crippen molar-refractivity contribution >= 4 is 48.9 Å². The van der Waals surface area contributed by atoms with Crippen LogP contribution in [0.4, 0.5) is 5.69 Å². The van der Waals surface area contributed by atoms with E-state index in [1.807, 2.05) is 6.07 Å². The smallest absolute Gasteiger partial charge is 0.340 e. The Morgan fingerprint density at radius 2 is 1.93 bits per heavy atom. The number of rotatable bonds is 6. The molecule has 28 heavy (non-hydrogen) atoms. The summed E-state index contributed by atoms with van der Waals surface area (Å²) in [6.45, 7) is -0.0344. The lowest BCUT2D eigenvalue weighted by atomic mass is 10.1. The molecule has 0 saturated heterocycles. The van der Waals surface area contributed by atoms with E-state index in [1.165, 1.54) is 18.2 Å². The minimum absolute atomic E-state index is 0.0344. The average Bonchev–Trinajstić information content (AvgIpc) is 3.14. The third-order valence-corrected chi connectivity index (χ3v) is 7.11. The fraction of sp³-hybridized carbons (Fsp3) is 0.0526. The molecule has 0 unspecified atom stereocenters. The summed E-state index contributed by atoms with van der Waals surface area (Å²) >= 11 is 4.30. The zero-order valence-corrected chi connectivity index (χ0v) is 17.5. The number of nitriles is 1. The SMILES string of the molecule is N#Cc1cccc(COC(=O)c2ccccc2NS(=O)(=O)c2ccc(Br)s2)c1. The topological polar surface area (TPSA) is 96.3 Å². The molecular formula is C19H13BrN2O4S2.